The average molecular weight is 863 g/mol. The molecule has 0 aliphatic rings. The van der Waals surface area contributed by atoms with Crippen LogP contribution in [0.2, 0.25) is 0 Å². The van der Waals surface area contributed by atoms with Gasteiger partial charge in [-0.3, -0.25) is 9.05 Å². The Morgan fingerprint density at radius 3 is 0.900 bits per heavy atom. The molecule has 0 saturated carbocycles. The van der Waals surface area contributed by atoms with E-state index in [1.54, 1.807) is 0 Å². The van der Waals surface area contributed by atoms with E-state index < -0.39 is 8.60 Å². The van der Waals surface area contributed by atoms with Crippen LogP contribution in [0.15, 0.2) is 30.3 Å². The molecule has 2 atom stereocenters. The van der Waals surface area contributed by atoms with Crippen LogP contribution in [0.4, 0.5) is 0 Å². The van der Waals surface area contributed by atoms with Crippen molar-refractivity contribution in [1.29, 1.82) is 0 Å². The van der Waals surface area contributed by atoms with Crippen molar-refractivity contribution in [3.8, 4) is 5.75 Å². The van der Waals surface area contributed by atoms with Gasteiger partial charge in [-0.2, -0.15) is 0 Å². The quantitative estimate of drug-likeness (QED) is 0.0371. The zero-order valence-corrected chi connectivity index (χ0v) is 41.6. The summed E-state index contributed by atoms with van der Waals surface area (Å²) in [6, 6.07) is 10.1. The van der Waals surface area contributed by atoms with Crippen LogP contribution in [0.1, 0.15) is 285 Å². The molecule has 0 bridgehead atoms. The molecule has 0 aliphatic heterocycles. The highest BCUT2D eigenvalue weighted by Gasteiger charge is 2.27. The minimum atomic E-state index is -1.72. The Hall–Kier alpha value is -0.710. The van der Waals surface area contributed by atoms with E-state index in [1.807, 2.05) is 30.3 Å². The third-order valence-electron chi connectivity index (χ3n) is 12.0. The maximum Gasteiger partial charge on any atom is 0.402 e. The van der Waals surface area contributed by atoms with Gasteiger partial charge in [-0.05, 0) is 50.7 Å². The molecule has 0 saturated heterocycles. The van der Waals surface area contributed by atoms with Crippen LogP contribution in [-0.4, -0.2) is 25.8 Å². The summed E-state index contributed by atoms with van der Waals surface area (Å²) in [5.41, 5.74) is 0. The standard InChI is InChI=1S/C54H103O5P/c1-5-9-13-17-21-25-29-33-37-44-50-55-53(48-42-35-31-27-23-19-15-11-7-3)58-60(57-52-46-40-39-41-47-52)59-54(49-43-36-32-28-24-20-16-12-8-4)56-51-45-38-34-30-26-22-18-14-10-6-2/h39-41,46-47,53-54H,5-38,42-45,48-51H2,1-4H3. The van der Waals surface area contributed by atoms with Crippen LogP contribution in [0.25, 0.3) is 0 Å². The van der Waals surface area contributed by atoms with Crippen molar-refractivity contribution in [2.75, 3.05) is 13.2 Å². The number of hydrogen-bond donors (Lipinski definition) is 0. The zero-order chi connectivity index (χ0) is 43.1. The van der Waals surface area contributed by atoms with Crippen molar-refractivity contribution in [3.05, 3.63) is 30.3 Å². The van der Waals surface area contributed by atoms with Crippen LogP contribution < -0.4 is 4.52 Å². The molecule has 0 radical (unpaired) electrons. The van der Waals surface area contributed by atoms with E-state index in [0.717, 1.165) is 57.5 Å². The number of ether oxygens (including phenoxy) is 2. The van der Waals surface area contributed by atoms with Gasteiger partial charge in [-0.1, -0.05) is 264 Å². The fourth-order valence-electron chi connectivity index (χ4n) is 8.01. The molecule has 0 aliphatic carbocycles. The second-order valence-electron chi connectivity index (χ2n) is 18.0. The summed E-state index contributed by atoms with van der Waals surface area (Å²) < 4.78 is 33.2. The maximum absolute atomic E-state index is 6.77. The fraction of sp³-hybridized carbons (Fsp3) is 0.889. The van der Waals surface area contributed by atoms with E-state index in [2.05, 4.69) is 27.7 Å². The van der Waals surface area contributed by atoms with Crippen LogP contribution in [0.5, 0.6) is 5.75 Å². The van der Waals surface area contributed by atoms with Crippen molar-refractivity contribution in [3.63, 3.8) is 0 Å². The molecular weight excluding hydrogens is 760 g/mol. The molecule has 1 rings (SSSR count). The van der Waals surface area contributed by atoms with Gasteiger partial charge >= 0.3 is 8.60 Å². The second kappa shape index (κ2) is 47.8. The second-order valence-corrected chi connectivity index (χ2v) is 19.1. The molecule has 0 heterocycles. The lowest BCUT2D eigenvalue weighted by Gasteiger charge is -2.27. The van der Waals surface area contributed by atoms with Crippen molar-refractivity contribution in [1.82, 2.24) is 0 Å². The van der Waals surface area contributed by atoms with Gasteiger partial charge in [0.2, 0.25) is 0 Å². The molecule has 60 heavy (non-hydrogen) atoms. The maximum atomic E-state index is 6.77. The summed E-state index contributed by atoms with van der Waals surface area (Å²) in [5, 5.41) is 0. The van der Waals surface area contributed by atoms with E-state index in [1.165, 1.54) is 218 Å². The van der Waals surface area contributed by atoms with Crippen LogP contribution in [0, 0.1) is 0 Å². The summed E-state index contributed by atoms with van der Waals surface area (Å²) in [5.74, 6) is 0.775. The summed E-state index contributed by atoms with van der Waals surface area (Å²) in [6.07, 6.45) is 51.0. The highest BCUT2D eigenvalue weighted by atomic mass is 31.2. The first-order chi connectivity index (χ1) is 29.7. The Kier molecular flexibility index (Phi) is 45.6. The zero-order valence-electron chi connectivity index (χ0n) is 40.7. The Bertz CT molecular complexity index is 880. The van der Waals surface area contributed by atoms with Crippen molar-refractivity contribution in [2.45, 2.75) is 297 Å². The van der Waals surface area contributed by atoms with Crippen LogP contribution in [0.3, 0.4) is 0 Å². The number of para-hydroxylation sites is 1. The van der Waals surface area contributed by atoms with Crippen molar-refractivity contribution >= 4 is 8.60 Å². The Balaban J connectivity index is 2.84. The molecule has 0 fully saturated rings. The normalized spacial score (nSPS) is 13.2. The number of rotatable bonds is 50. The van der Waals surface area contributed by atoms with E-state index >= 15 is 0 Å². The highest BCUT2D eigenvalue weighted by Crippen LogP contribution is 2.45. The van der Waals surface area contributed by atoms with E-state index in [0.29, 0.717) is 0 Å². The summed E-state index contributed by atoms with van der Waals surface area (Å²) in [6.45, 7) is 10.6. The van der Waals surface area contributed by atoms with E-state index in [9.17, 15) is 0 Å². The first kappa shape index (κ1) is 57.3. The number of hydrogen-bond acceptors (Lipinski definition) is 5. The van der Waals surface area contributed by atoms with Gasteiger partial charge in [-0.25, -0.2) is 0 Å². The lowest BCUT2D eigenvalue weighted by atomic mass is 10.1. The molecule has 0 N–H and O–H groups in total. The molecule has 1 aromatic carbocycles. The molecule has 354 valence electrons. The number of benzene rings is 1. The smallest absolute Gasteiger partial charge is 0.402 e. The SMILES string of the molecule is CCCCCCCCCCCCOC(CCCCCCCCCCC)OP(Oc1ccccc1)OC(CCCCCCCCCCC)OCCCCCCCCCCCC. The molecule has 0 spiro atoms. The summed E-state index contributed by atoms with van der Waals surface area (Å²) in [7, 11) is -1.72. The van der Waals surface area contributed by atoms with Gasteiger partial charge < -0.3 is 14.0 Å². The Morgan fingerprint density at radius 1 is 0.333 bits per heavy atom. The number of unbranched alkanes of at least 4 members (excludes halogenated alkanes) is 34. The predicted octanol–water partition coefficient (Wildman–Crippen LogP) is 19.7. The van der Waals surface area contributed by atoms with Crippen molar-refractivity contribution in [2.24, 2.45) is 0 Å². The minimum Gasteiger partial charge on any atom is -0.427 e. The van der Waals surface area contributed by atoms with Gasteiger partial charge in [0.1, 0.15) is 5.75 Å². The molecule has 5 nitrogen and oxygen atoms in total. The molecular formula is C54H103O5P. The largest absolute Gasteiger partial charge is 0.427 e. The Morgan fingerprint density at radius 2 is 0.600 bits per heavy atom. The summed E-state index contributed by atoms with van der Waals surface area (Å²) >= 11 is 0. The predicted molar refractivity (Wildman–Crippen MR) is 263 cm³/mol. The fourth-order valence-corrected chi connectivity index (χ4v) is 9.16. The highest BCUT2D eigenvalue weighted by molar-refractivity contribution is 7.42. The van der Waals surface area contributed by atoms with Gasteiger partial charge in [0.25, 0.3) is 0 Å². The lowest BCUT2D eigenvalue weighted by Crippen LogP contribution is -2.22. The molecule has 0 amide bonds. The Labute approximate surface area is 376 Å². The summed E-state index contributed by atoms with van der Waals surface area (Å²) in [4.78, 5) is 0. The van der Waals surface area contributed by atoms with E-state index in [-0.39, 0.29) is 12.6 Å². The molecule has 1 aromatic rings. The first-order valence-electron chi connectivity index (χ1n) is 26.8. The van der Waals surface area contributed by atoms with Gasteiger partial charge in [-0.15, -0.1) is 0 Å². The van der Waals surface area contributed by atoms with E-state index in [4.69, 9.17) is 23.0 Å². The lowest BCUT2D eigenvalue weighted by molar-refractivity contribution is -0.123. The average Bonchev–Trinajstić information content (AvgIpc) is 3.26. The first-order valence-corrected chi connectivity index (χ1v) is 27.9. The third kappa shape index (κ3) is 40.1. The molecule has 6 heteroatoms. The van der Waals surface area contributed by atoms with Crippen molar-refractivity contribution < 1.29 is 23.0 Å². The topological polar surface area (TPSA) is 46.2 Å². The van der Waals surface area contributed by atoms with Crippen LogP contribution in [-0.2, 0) is 18.5 Å². The van der Waals surface area contributed by atoms with Gasteiger partial charge in [0.05, 0.1) is 0 Å². The minimum absolute atomic E-state index is 0.335. The molecule has 0 aromatic heterocycles. The van der Waals surface area contributed by atoms with Gasteiger partial charge in [0.15, 0.2) is 12.6 Å². The van der Waals surface area contributed by atoms with Gasteiger partial charge in [0, 0.05) is 13.2 Å². The third-order valence-corrected chi connectivity index (χ3v) is 13.2. The van der Waals surface area contributed by atoms with Crippen LogP contribution >= 0.6 is 8.60 Å². The monoisotopic (exact) mass is 863 g/mol. The molecule has 2 unspecified atom stereocenters.